The van der Waals surface area contributed by atoms with Gasteiger partial charge in [0.1, 0.15) is 66.2 Å². The second-order valence-electron chi connectivity index (χ2n) is 28.0. The molecule has 4 aromatic carbocycles. The summed E-state index contributed by atoms with van der Waals surface area (Å²) in [5.74, 6) is -7.72. The van der Waals surface area contributed by atoms with Crippen LogP contribution in [0.1, 0.15) is 135 Å². The van der Waals surface area contributed by atoms with E-state index in [1.165, 1.54) is 55.4 Å². The molecule has 11 amide bonds. The average Bonchev–Trinajstić information content (AvgIpc) is 1.06. The van der Waals surface area contributed by atoms with Crippen molar-refractivity contribution in [1.29, 1.82) is 0 Å². The number of phenols is 1. The highest BCUT2D eigenvalue weighted by molar-refractivity contribution is 6.30. The molecule has 1 fully saturated rings. The molecule has 1 saturated heterocycles. The number of primary amides is 1. The summed E-state index contributed by atoms with van der Waals surface area (Å²) in [6, 6.07) is 15.3. The van der Waals surface area contributed by atoms with Gasteiger partial charge in [-0.15, -0.1) is 0 Å². The van der Waals surface area contributed by atoms with E-state index in [2.05, 4.69) is 84.1 Å². The summed E-state index contributed by atoms with van der Waals surface area (Å²) in [5, 5.41) is 60.9. The molecule has 6 rings (SSSR count). The number of aliphatic imine (C=N–C) groups is 2. The van der Waals surface area contributed by atoms with Crippen LogP contribution < -0.4 is 74.9 Å². The van der Waals surface area contributed by atoms with Crippen molar-refractivity contribution in [1.82, 2.24) is 79.0 Å². The minimum Gasteiger partial charge on any atom is -0.508 e. The zero-order valence-electron chi connectivity index (χ0n) is 65.3. The monoisotopic (exact) mass is 1570 g/mol. The first kappa shape index (κ1) is 89.9. The Morgan fingerprint density at radius 1 is 0.518 bits per heavy atom. The average molecular weight is 1570 g/mol. The Morgan fingerprint density at radius 3 is 1.47 bits per heavy atom. The van der Waals surface area contributed by atoms with Crippen molar-refractivity contribution < 1.29 is 63.0 Å². The number of fused-ring (bicyclic) bond motifs is 1. The number of aromatic hydroxyl groups is 1. The molecule has 17 N–H and O–H groups in total. The zero-order valence-corrected chi connectivity index (χ0v) is 66.1. The molecule has 1 aliphatic heterocycles. The van der Waals surface area contributed by atoms with Crippen molar-refractivity contribution in [3.8, 4) is 5.75 Å². The van der Waals surface area contributed by atoms with Gasteiger partial charge in [-0.3, -0.25) is 67.7 Å². The van der Waals surface area contributed by atoms with Gasteiger partial charge < -0.3 is 90.0 Å². The molecule has 608 valence electrons. The minimum atomic E-state index is -1.82. The number of carbonyl (C=O) groups is 11. The fraction of sp³-hybridized carbons (Fsp3) is 0.500. The number of amides is 11. The number of aliphatic hydroxyl groups is 1. The number of likely N-dealkylation sites (tertiary alicyclic amines) is 1. The van der Waals surface area contributed by atoms with E-state index in [1.54, 1.807) is 36.4 Å². The van der Waals surface area contributed by atoms with Crippen LogP contribution in [0.25, 0.3) is 10.8 Å². The largest absolute Gasteiger partial charge is 0.508 e. The summed E-state index contributed by atoms with van der Waals surface area (Å²) in [5.41, 5.74) is 7.61. The second-order valence-corrected chi connectivity index (χ2v) is 28.5. The van der Waals surface area contributed by atoms with E-state index in [1.807, 2.05) is 84.0 Å². The summed E-state index contributed by atoms with van der Waals surface area (Å²) < 4.78 is 0. The van der Waals surface area contributed by atoms with Crippen LogP contribution in [0.15, 0.2) is 126 Å². The smallest absolute Gasteiger partial charge is 0.245 e. The molecule has 0 unspecified atom stereocenters. The summed E-state index contributed by atoms with van der Waals surface area (Å²) in [6.45, 7) is 16.3. The molecule has 0 spiro atoms. The maximum absolute atomic E-state index is 15.2. The number of halogens is 1. The second kappa shape index (κ2) is 47.3. The predicted molar refractivity (Wildman–Crippen MR) is 429 cm³/mol. The molecule has 31 nitrogen and oxygen atoms in total. The van der Waals surface area contributed by atoms with Crippen molar-refractivity contribution >= 4 is 99.3 Å². The van der Waals surface area contributed by atoms with Crippen molar-refractivity contribution in [3.05, 3.63) is 143 Å². The predicted octanol–water partition coefficient (Wildman–Crippen LogP) is 2.27. The molecule has 0 saturated carbocycles. The van der Waals surface area contributed by atoms with Gasteiger partial charge in [0.2, 0.25) is 65.0 Å². The Kier molecular flexibility index (Phi) is 38.0. The maximum Gasteiger partial charge on any atom is 0.245 e. The fourth-order valence-electron chi connectivity index (χ4n) is 12.7. The van der Waals surface area contributed by atoms with Crippen LogP contribution in [0.3, 0.4) is 0 Å². The third-order valence-electron chi connectivity index (χ3n) is 18.5. The van der Waals surface area contributed by atoms with Crippen LogP contribution in [0.5, 0.6) is 5.75 Å². The van der Waals surface area contributed by atoms with E-state index in [0.29, 0.717) is 104 Å². The van der Waals surface area contributed by atoms with Crippen molar-refractivity contribution in [2.24, 2.45) is 21.6 Å². The fourth-order valence-corrected chi connectivity index (χ4v) is 12.8. The van der Waals surface area contributed by atoms with Crippen LogP contribution in [-0.2, 0) is 78.4 Å². The number of nitrogens with two attached hydrogens (primary N) is 1. The highest BCUT2D eigenvalue weighted by atomic mass is 35.5. The standard InChI is InChI=1S/C80H113ClN18O13/c1-9-84-79(85-10-2)88-38-17-15-24-60(70(104)94-62(41-49(5)6)71(105)93-61(25-16-18-39-89-80(86-11-3)87-12-4)78(112)99-40-20-26-68(99)77(111)90-50(7)69(82)103)92-73(107)64(44-53-30-35-59(102)36-31-53)97-76(110)67(48-100)98-75(109)66(46-55-21-19-37-83-47-55)96-74(108)65(43-52-28-33-58(81)34-29-52)95-72(106)63(91-51(8)101)45-54-27-32-56-22-13-14-23-57(56)42-54/h13-14,19,21-23,27-37,42,47,49-50,60-68,100,102H,9-12,15-18,20,24-26,38-41,43-46,48H2,1-8H3,(H2,82,103)(H,90,111)(H,91,101)(H,92,107)(H,93,105)(H,94,104)(H,95,106)(H,96,108)(H,97,110)(H,98,109)(H2,84,85,88)(H2,86,87,89)/t50-,60-,61+,62+,63-,64+,65-,66+,67+,68+/m1/s1. The molecular formula is C80H113ClN18O13. The number of nitrogens with one attached hydrogen (secondary N) is 13. The number of benzene rings is 4. The van der Waals surface area contributed by atoms with Gasteiger partial charge in [-0.1, -0.05) is 98.2 Å². The van der Waals surface area contributed by atoms with Crippen LogP contribution in [-0.4, -0.2) is 210 Å². The van der Waals surface area contributed by atoms with Gasteiger partial charge in [-0.2, -0.15) is 0 Å². The third-order valence-corrected chi connectivity index (χ3v) is 18.7. The molecule has 1 aromatic heterocycles. The number of hydrogen-bond acceptors (Lipinski definition) is 16. The minimum absolute atomic E-state index is 0.0365. The van der Waals surface area contributed by atoms with Crippen LogP contribution in [0.4, 0.5) is 0 Å². The van der Waals surface area contributed by atoms with Crippen LogP contribution >= 0.6 is 11.6 Å². The van der Waals surface area contributed by atoms with Gasteiger partial charge in [0.25, 0.3) is 0 Å². The maximum atomic E-state index is 15.2. The van der Waals surface area contributed by atoms with E-state index in [9.17, 15) is 53.4 Å². The summed E-state index contributed by atoms with van der Waals surface area (Å²) >= 11 is 6.26. The number of aliphatic hydroxyl groups excluding tert-OH is 1. The molecule has 5 aromatic rings. The number of aromatic nitrogens is 1. The SMILES string of the molecule is CCNC(=NCCCC[C@H](NC(=O)[C@H](CC(C)C)NC(=O)[C@@H](CCCCN=C(NCC)NCC)NC(=O)[C@H](Cc1ccc(O)cc1)NC(=O)[C@H](CO)NC(=O)[C@H](Cc1cccnc1)NC(=O)[C@@H](Cc1ccc(Cl)cc1)NC(=O)[C@@H](Cc1ccc2ccccc2c1)NC(C)=O)C(=O)N1CCC[C@H]1C(=O)N[C@H](C)C(N)=O)NCC. The Labute approximate surface area is 660 Å². The lowest BCUT2D eigenvalue weighted by Crippen LogP contribution is -2.61. The third kappa shape index (κ3) is 30.4. The number of carbonyl (C=O) groups excluding carboxylic acids is 11. The molecule has 112 heavy (non-hydrogen) atoms. The topological polar surface area (TPSA) is 451 Å². The normalized spacial score (nSPS) is 14.8. The van der Waals surface area contributed by atoms with E-state index in [-0.39, 0.29) is 76.0 Å². The summed E-state index contributed by atoms with van der Waals surface area (Å²) in [4.78, 5) is 172. The van der Waals surface area contributed by atoms with Crippen molar-refractivity contribution in [2.45, 2.75) is 199 Å². The molecule has 2 heterocycles. The highest BCUT2D eigenvalue weighted by Gasteiger charge is 2.40. The van der Waals surface area contributed by atoms with Gasteiger partial charge in [-0.25, -0.2) is 0 Å². The Hall–Kier alpha value is -10.9. The zero-order chi connectivity index (χ0) is 81.7. The number of pyridine rings is 1. The Bertz CT molecular complexity index is 3970. The number of nitrogens with zero attached hydrogens (tertiary/aromatic N) is 4. The molecular weight excluding hydrogens is 1460 g/mol. The summed E-state index contributed by atoms with van der Waals surface area (Å²) in [7, 11) is 0. The number of phenolic OH excluding ortho intramolecular Hbond substituents is 1. The lowest BCUT2D eigenvalue weighted by Gasteiger charge is -2.31. The number of guanidine groups is 2. The molecule has 1 aliphatic rings. The number of unbranched alkanes of at least 4 members (excludes halogenated alkanes) is 2. The highest BCUT2D eigenvalue weighted by Crippen LogP contribution is 2.23. The molecule has 0 bridgehead atoms. The van der Waals surface area contributed by atoms with Crippen LogP contribution in [0.2, 0.25) is 5.02 Å². The van der Waals surface area contributed by atoms with E-state index in [0.717, 1.165) is 10.8 Å². The van der Waals surface area contributed by atoms with Crippen molar-refractivity contribution in [3.63, 3.8) is 0 Å². The number of rotatable bonds is 44. The van der Waals surface area contributed by atoms with Gasteiger partial charge in [0.05, 0.1) is 6.61 Å². The molecule has 32 heteroatoms. The molecule has 0 aliphatic carbocycles. The first-order chi connectivity index (χ1) is 53.7. The lowest BCUT2D eigenvalue weighted by atomic mass is 9.99. The van der Waals surface area contributed by atoms with E-state index >= 15 is 9.59 Å². The molecule has 10 atom stereocenters. The number of hydrogen-bond donors (Lipinski definition) is 16. The van der Waals surface area contributed by atoms with Crippen molar-refractivity contribution in [2.75, 3.05) is 52.4 Å². The van der Waals surface area contributed by atoms with Crippen LogP contribution in [0, 0.1) is 5.92 Å². The van der Waals surface area contributed by atoms with Gasteiger partial charge in [0.15, 0.2) is 11.9 Å². The van der Waals surface area contributed by atoms with E-state index in [4.69, 9.17) is 17.3 Å². The Balaban J connectivity index is 1.29. The summed E-state index contributed by atoms with van der Waals surface area (Å²) in [6.07, 6.45) is 4.77. The van der Waals surface area contributed by atoms with Gasteiger partial charge >= 0.3 is 0 Å². The van der Waals surface area contributed by atoms with E-state index < -0.39 is 132 Å². The first-order valence-electron chi connectivity index (χ1n) is 38.6. The Morgan fingerprint density at radius 2 is 0.964 bits per heavy atom. The lowest BCUT2D eigenvalue weighted by molar-refractivity contribution is -0.142. The molecule has 0 radical (unpaired) electrons. The first-order valence-corrected chi connectivity index (χ1v) is 38.9. The van der Waals surface area contributed by atoms with Gasteiger partial charge in [-0.05, 0) is 162 Å². The quantitative estimate of drug-likeness (QED) is 0.0151. The van der Waals surface area contributed by atoms with Gasteiger partial charge in [0, 0.05) is 95.8 Å².